The van der Waals surface area contributed by atoms with E-state index in [9.17, 15) is 23.5 Å². The fourth-order valence-corrected chi connectivity index (χ4v) is 5.23. The van der Waals surface area contributed by atoms with Crippen LogP contribution in [0.5, 0.6) is 5.75 Å². The van der Waals surface area contributed by atoms with Gasteiger partial charge in [-0.3, -0.25) is 4.79 Å². The first kappa shape index (κ1) is 23.8. The van der Waals surface area contributed by atoms with Gasteiger partial charge in [0.2, 0.25) is 0 Å². The van der Waals surface area contributed by atoms with E-state index in [2.05, 4.69) is 15.4 Å². The predicted octanol–water partition coefficient (Wildman–Crippen LogP) is 4.32. The number of likely N-dealkylation sites (tertiary alicyclic amines) is 1. The second kappa shape index (κ2) is 8.79. The van der Waals surface area contributed by atoms with Gasteiger partial charge in [0.25, 0.3) is 5.91 Å². The van der Waals surface area contributed by atoms with Gasteiger partial charge in [-0.2, -0.15) is 9.61 Å². The zero-order chi connectivity index (χ0) is 26.6. The number of aromatic nitrogens is 3. The Kier molecular flexibility index (Phi) is 5.51. The minimum atomic E-state index is -1.21. The summed E-state index contributed by atoms with van der Waals surface area (Å²) in [5.74, 6) is -1.59. The predicted molar refractivity (Wildman–Crippen MR) is 133 cm³/mol. The van der Waals surface area contributed by atoms with E-state index in [1.165, 1.54) is 28.9 Å². The fourth-order valence-electron chi connectivity index (χ4n) is 5.23. The highest BCUT2D eigenvalue weighted by Gasteiger charge is 2.44. The molecule has 194 valence electrons. The molecular weight excluding hydrogens is 496 g/mol. The molecule has 0 radical (unpaired) electrons. The van der Waals surface area contributed by atoms with Gasteiger partial charge in [0, 0.05) is 42.0 Å². The molecule has 2 aromatic carbocycles. The normalized spacial score (nSPS) is 15.9. The van der Waals surface area contributed by atoms with Gasteiger partial charge in [-0.1, -0.05) is 12.1 Å². The number of aromatic carboxylic acids is 1. The van der Waals surface area contributed by atoms with Crippen molar-refractivity contribution >= 4 is 29.0 Å². The van der Waals surface area contributed by atoms with Crippen molar-refractivity contribution in [1.29, 1.82) is 0 Å². The van der Waals surface area contributed by atoms with Crippen molar-refractivity contribution in [2.45, 2.75) is 25.2 Å². The summed E-state index contributed by atoms with van der Waals surface area (Å²) in [6, 6.07) is 9.13. The van der Waals surface area contributed by atoms with E-state index < -0.39 is 11.8 Å². The number of aryl methyl sites for hydroxylation is 1. The number of carbonyl (C=O) groups is 2. The van der Waals surface area contributed by atoms with Crippen LogP contribution in [0.1, 0.15) is 44.7 Å². The second-order valence-electron chi connectivity index (χ2n) is 9.71. The van der Waals surface area contributed by atoms with Crippen molar-refractivity contribution in [3.05, 3.63) is 82.7 Å². The molecule has 1 spiro atoms. The van der Waals surface area contributed by atoms with Gasteiger partial charge in [0.05, 0.1) is 12.8 Å². The van der Waals surface area contributed by atoms with Crippen molar-refractivity contribution in [2.24, 2.45) is 0 Å². The van der Waals surface area contributed by atoms with E-state index in [1.807, 2.05) is 0 Å². The molecule has 2 aromatic heterocycles. The van der Waals surface area contributed by atoms with E-state index in [0.717, 1.165) is 11.8 Å². The molecule has 2 aliphatic heterocycles. The third-order valence-corrected chi connectivity index (χ3v) is 7.45. The molecule has 0 saturated carbocycles. The summed E-state index contributed by atoms with van der Waals surface area (Å²) in [6.07, 6.45) is 3.73. The fraction of sp³-hybridized carbons (Fsp3) is 0.259. The lowest BCUT2D eigenvalue weighted by atomic mass is 9.74. The Bertz CT molecular complexity index is 1610. The summed E-state index contributed by atoms with van der Waals surface area (Å²) < 4.78 is 34.9. The standard InChI is InChI=1S/C27H23F2N5O4/c1-15-2-4-17(11-21(15)29)32-24-18(12-30-23-19(26(36)37)13-31-34(23)24)25(35)33-8-6-27(7-9-33)14-38-22-10-16(28)3-5-20(22)27/h2-5,10-13,32H,6-9,14H2,1H3,(H,36,37). The van der Waals surface area contributed by atoms with Crippen molar-refractivity contribution in [3.8, 4) is 5.75 Å². The topological polar surface area (TPSA) is 109 Å². The zero-order valence-electron chi connectivity index (χ0n) is 20.4. The number of nitrogens with one attached hydrogen (secondary N) is 1. The lowest BCUT2D eigenvalue weighted by Gasteiger charge is -2.38. The van der Waals surface area contributed by atoms with Crippen molar-refractivity contribution in [1.82, 2.24) is 19.5 Å². The number of anilines is 2. The molecule has 1 saturated heterocycles. The zero-order valence-corrected chi connectivity index (χ0v) is 20.4. The van der Waals surface area contributed by atoms with E-state index >= 15 is 0 Å². The van der Waals surface area contributed by atoms with Crippen LogP contribution in [0.15, 0.2) is 48.8 Å². The number of ether oxygens (including phenoxy) is 1. The number of hydrogen-bond donors (Lipinski definition) is 2. The molecule has 0 bridgehead atoms. The molecule has 0 unspecified atom stereocenters. The van der Waals surface area contributed by atoms with Gasteiger partial charge in [-0.25, -0.2) is 18.6 Å². The van der Waals surface area contributed by atoms with Crippen LogP contribution in [-0.4, -0.2) is 56.2 Å². The van der Waals surface area contributed by atoms with Crippen LogP contribution in [0, 0.1) is 18.6 Å². The average Bonchev–Trinajstić information content (AvgIpc) is 3.49. The number of amides is 1. The van der Waals surface area contributed by atoms with Crippen molar-refractivity contribution < 1.29 is 28.2 Å². The Hall–Kier alpha value is -4.54. The van der Waals surface area contributed by atoms with Crippen LogP contribution < -0.4 is 10.1 Å². The van der Waals surface area contributed by atoms with Gasteiger partial charge in [0.15, 0.2) is 5.65 Å². The number of carboxylic acid groups (broad SMARTS) is 1. The molecular formula is C27H23F2N5O4. The first-order valence-electron chi connectivity index (χ1n) is 12.1. The summed E-state index contributed by atoms with van der Waals surface area (Å²) in [4.78, 5) is 31.3. The van der Waals surface area contributed by atoms with Crippen LogP contribution >= 0.6 is 0 Å². The number of fused-ring (bicyclic) bond motifs is 3. The van der Waals surface area contributed by atoms with Crippen LogP contribution in [-0.2, 0) is 5.41 Å². The van der Waals surface area contributed by atoms with E-state index in [0.29, 0.717) is 49.5 Å². The van der Waals surface area contributed by atoms with Gasteiger partial charge in [-0.05, 0) is 43.5 Å². The summed E-state index contributed by atoms with van der Waals surface area (Å²) in [6.45, 7) is 2.92. The molecule has 6 rings (SSSR count). The molecule has 2 aliphatic rings. The summed E-state index contributed by atoms with van der Waals surface area (Å²) in [5.41, 5.74) is 1.58. The molecule has 4 aromatic rings. The molecule has 0 atom stereocenters. The minimum absolute atomic E-state index is 0.0497. The second-order valence-corrected chi connectivity index (χ2v) is 9.71. The SMILES string of the molecule is Cc1ccc(Nc2c(C(=O)N3CCC4(CC3)COc3cc(F)ccc34)cnc3c(C(=O)O)cnn23)cc1F. The maximum atomic E-state index is 14.3. The highest BCUT2D eigenvalue weighted by Crippen LogP contribution is 2.46. The monoisotopic (exact) mass is 519 g/mol. The molecule has 11 heteroatoms. The summed E-state index contributed by atoms with van der Waals surface area (Å²) in [7, 11) is 0. The lowest BCUT2D eigenvalue weighted by Crippen LogP contribution is -2.46. The first-order chi connectivity index (χ1) is 18.3. The smallest absolute Gasteiger partial charge is 0.341 e. The Morgan fingerprint density at radius 2 is 1.87 bits per heavy atom. The van der Waals surface area contributed by atoms with Crippen molar-refractivity contribution in [2.75, 3.05) is 25.0 Å². The van der Waals surface area contributed by atoms with Gasteiger partial charge < -0.3 is 20.1 Å². The Morgan fingerprint density at radius 1 is 1.08 bits per heavy atom. The summed E-state index contributed by atoms with van der Waals surface area (Å²) >= 11 is 0. The highest BCUT2D eigenvalue weighted by molar-refractivity contribution is 6.01. The Morgan fingerprint density at radius 3 is 2.61 bits per heavy atom. The molecule has 2 N–H and O–H groups in total. The molecule has 0 aliphatic carbocycles. The number of piperidine rings is 1. The average molecular weight is 520 g/mol. The van der Waals surface area contributed by atoms with Gasteiger partial charge in [-0.15, -0.1) is 0 Å². The number of halogens is 2. The maximum Gasteiger partial charge on any atom is 0.341 e. The number of benzene rings is 2. The highest BCUT2D eigenvalue weighted by atomic mass is 19.1. The maximum absolute atomic E-state index is 14.3. The van der Waals surface area contributed by atoms with Gasteiger partial charge in [0.1, 0.15) is 34.3 Å². The number of nitrogens with zero attached hydrogens (tertiary/aromatic N) is 4. The van der Waals surface area contributed by atoms with Crippen LogP contribution in [0.25, 0.3) is 5.65 Å². The Balaban J connectivity index is 1.33. The Labute approximate surface area is 215 Å². The number of carbonyl (C=O) groups excluding carboxylic acids is 1. The molecule has 9 nitrogen and oxygen atoms in total. The molecule has 4 heterocycles. The molecule has 1 amide bonds. The van der Waals surface area contributed by atoms with Crippen LogP contribution in [0.3, 0.4) is 0 Å². The largest absolute Gasteiger partial charge is 0.492 e. The van der Waals surface area contributed by atoms with E-state index in [1.54, 1.807) is 30.0 Å². The number of rotatable bonds is 4. The quantitative estimate of drug-likeness (QED) is 0.413. The van der Waals surface area contributed by atoms with E-state index in [-0.39, 0.29) is 39.7 Å². The number of hydrogen-bond acceptors (Lipinski definition) is 6. The third-order valence-electron chi connectivity index (χ3n) is 7.45. The van der Waals surface area contributed by atoms with Crippen LogP contribution in [0.4, 0.5) is 20.3 Å². The van der Waals surface area contributed by atoms with Crippen LogP contribution in [0.2, 0.25) is 0 Å². The summed E-state index contributed by atoms with van der Waals surface area (Å²) in [5, 5.41) is 16.7. The number of carboxylic acids is 1. The first-order valence-corrected chi connectivity index (χ1v) is 12.1. The third kappa shape index (κ3) is 3.82. The van der Waals surface area contributed by atoms with Gasteiger partial charge >= 0.3 is 5.97 Å². The minimum Gasteiger partial charge on any atom is -0.492 e. The van der Waals surface area contributed by atoms with E-state index in [4.69, 9.17) is 4.74 Å². The van der Waals surface area contributed by atoms with Crippen molar-refractivity contribution in [3.63, 3.8) is 0 Å². The molecule has 38 heavy (non-hydrogen) atoms. The molecule has 1 fully saturated rings. The lowest BCUT2D eigenvalue weighted by molar-refractivity contribution is 0.0645.